The molecule has 0 saturated heterocycles. The van der Waals surface area contributed by atoms with Gasteiger partial charge in [0.25, 0.3) is 5.91 Å². The standard InChI is InChI=1S/C19H20BrClN2O4/c1-26-16-9-12(14(20)10-17(16)27-2)7-8-22-18(24)11-23-19(25)13-5-3-4-6-15(13)21/h3-6,9-10H,7-8,11H2,1-2H3,(H,22,24)(H,23,25). The number of hydrogen-bond acceptors (Lipinski definition) is 4. The summed E-state index contributed by atoms with van der Waals surface area (Å²) in [6.07, 6.45) is 0.588. The van der Waals surface area contributed by atoms with Crippen LogP contribution in [-0.2, 0) is 11.2 Å². The van der Waals surface area contributed by atoms with E-state index in [1.807, 2.05) is 12.1 Å². The van der Waals surface area contributed by atoms with Gasteiger partial charge in [-0.3, -0.25) is 9.59 Å². The van der Waals surface area contributed by atoms with E-state index >= 15 is 0 Å². The van der Waals surface area contributed by atoms with Crippen molar-refractivity contribution in [1.29, 1.82) is 0 Å². The molecule has 0 aromatic heterocycles. The Hall–Kier alpha value is -2.25. The summed E-state index contributed by atoms with van der Waals surface area (Å²) in [7, 11) is 3.14. The molecule has 0 saturated carbocycles. The quantitative estimate of drug-likeness (QED) is 0.641. The Balaban J connectivity index is 1.83. The summed E-state index contributed by atoms with van der Waals surface area (Å²) < 4.78 is 11.4. The third-order valence-corrected chi connectivity index (χ3v) is 4.86. The molecule has 8 heteroatoms. The van der Waals surface area contributed by atoms with Gasteiger partial charge in [-0.2, -0.15) is 0 Å². The molecule has 0 bridgehead atoms. The van der Waals surface area contributed by atoms with Gasteiger partial charge in [0.1, 0.15) is 0 Å². The molecule has 0 fully saturated rings. The van der Waals surface area contributed by atoms with Crippen molar-refractivity contribution in [2.24, 2.45) is 0 Å². The highest BCUT2D eigenvalue weighted by Crippen LogP contribution is 2.33. The molecule has 27 heavy (non-hydrogen) atoms. The first-order valence-electron chi connectivity index (χ1n) is 8.16. The van der Waals surface area contributed by atoms with Crippen LogP contribution in [0.25, 0.3) is 0 Å². The Bertz CT molecular complexity index is 829. The normalized spacial score (nSPS) is 10.2. The Morgan fingerprint density at radius 1 is 1.07 bits per heavy atom. The first kappa shape index (κ1) is 21.1. The lowest BCUT2D eigenvalue weighted by Crippen LogP contribution is -2.37. The van der Waals surface area contributed by atoms with Gasteiger partial charge < -0.3 is 20.1 Å². The van der Waals surface area contributed by atoms with Crippen molar-refractivity contribution < 1.29 is 19.1 Å². The van der Waals surface area contributed by atoms with E-state index in [-0.39, 0.29) is 12.5 Å². The van der Waals surface area contributed by atoms with Crippen LogP contribution in [0.15, 0.2) is 40.9 Å². The van der Waals surface area contributed by atoms with Crippen LogP contribution in [0.1, 0.15) is 15.9 Å². The minimum atomic E-state index is -0.390. The number of hydrogen-bond donors (Lipinski definition) is 2. The molecule has 0 aliphatic rings. The maximum absolute atomic E-state index is 12.0. The zero-order chi connectivity index (χ0) is 19.8. The van der Waals surface area contributed by atoms with Crippen molar-refractivity contribution in [3.05, 3.63) is 57.0 Å². The fourth-order valence-corrected chi connectivity index (χ4v) is 3.13. The molecule has 6 nitrogen and oxygen atoms in total. The Kier molecular flexibility index (Phi) is 7.94. The second kappa shape index (κ2) is 10.2. The summed E-state index contributed by atoms with van der Waals surface area (Å²) in [6.45, 7) is 0.284. The summed E-state index contributed by atoms with van der Waals surface area (Å²) in [5.74, 6) is 0.568. The zero-order valence-electron chi connectivity index (χ0n) is 15.0. The van der Waals surface area contributed by atoms with Crippen molar-refractivity contribution in [3.8, 4) is 11.5 Å². The van der Waals surface area contributed by atoms with Crippen molar-refractivity contribution in [1.82, 2.24) is 10.6 Å². The zero-order valence-corrected chi connectivity index (χ0v) is 17.3. The lowest BCUT2D eigenvalue weighted by molar-refractivity contribution is -0.120. The molecule has 2 amide bonds. The van der Waals surface area contributed by atoms with E-state index in [9.17, 15) is 9.59 Å². The minimum Gasteiger partial charge on any atom is -0.493 e. The Labute approximate surface area is 171 Å². The van der Waals surface area contributed by atoms with E-state index in [1.165, 1.54) is 0 Å². The summed E-state index contributed by atoms with van der Waals surface area (Å²) >= 11 is 9.45. The van der Waals surface area contributed by atoms with E-state index in [4.69, 9.17) is 21.1 Å². The average Bonchev–Trinajstić information content (AvgIpc) is 2.67. The van der Waals surface area contributed by atoms with Gasteiger partial charge >= 0.3 is 0 Å². The molecule has 2 rings (SSSR count). The number of ether oxygens (including phenoxy) is 2. The second-order valence-electron chi connectivity index (χ2n) is 5.56. The van der Waals surface area contributed by atoms with Gasteiger partial charge in [0.2, 0.25) is 5.91 Å². The lowest BCUT2D eigenvalue weighted by atomic mass is 10.1. The molecule has 2 N–H and O–H groups in total. The molecule has 0 heterocycles. The van der Waals surface area contributed by atoms with Gasteiger partial charge in [0.15, 0.2) is 11.5 Å². The summed E-state index contributed by atoms with van der Waals surface area (Å²) in [5, 5.41) is 5.66. The number of benzene rings is 2. The van der Waals surface area contributed by atoms with Crippen LogP contribution in [-0.4, -0.2) is 39.1 Å². The summed E-state index contributed by atoms with van der Waals surface area (Å²) in [4.78, 5) is 24.0. The molecule has 0 aliphatic heterocycles. The number of methoxy groups -OCH3 is 2. The predicted molar refractivity (Wildman–Crippen MR) is 108 cm³/mol. The predicted octanol–water partition coefficient (Wildman–Crippen LogP) is 3.21. The third kappa shape index (κ3) is 5.87. The topological polar surface area (TPSA) is 76.7 Å². The monoisotopic (exact) mass is 454 g/mol. The van der Waals surface area contributed by atoms with Crippen LogP contribution in [0.2, 0.25) is 5.02 Å². The number of halogens is 2. The molecular formula is C19H20BrClN2O4. The number of carbonyl (C=O) groups is 2. The van der Waals surface area contributed by atoms with Gasteiger partial charge in [-0.25, -0.2) is 0 Å². The van der Waals surface area contributed by atoms with Gasteiger partial charge in [-0.15, -0.1) is 0 Å². The first-order chi connectivity index (χ1) is 13.0. The van der Waals surface area contributed by atoms with E-state index in [2.05, 4.69) is 26.6 Å². The number of rotatable bonds is 8. The smallest absolute Gasteiger partial charge is 0.253 e. The number of nitrogens with one attached hydrogen (secondary N) is 2. The maximum Gasteiger partial charge on any atom is 0.253 e. The van der Waals surface area contributed by atoms with E-state index in [1.54, 1.807) is 38.5 Å². The van der Waals surface area contributed by atoms with Gasteiger partial charge in [-0.1, -0.05) is 39.7 Å². The Morgan fingerprint density at radius 2 is 1.74 bits per heavy atom. The molecular weight excluding hydrogens is 436 g/mol. The van der Waals surface area contributed by atoms with E-state index in [0.717, 1.165) is 10.0 Å². The SMILES string of the molecule is COc1cc(Br)c(CCNC(=O)CNC(=O)c2ccccc2Cl)cc1OC. The van der Waals surface area contributed by atoms with Crippen LogP contribution in [0.5, 0.6) is 11.5 Å². The summed E-state index contributed by atoms with van der Waals surface area (Å²) in [6, 6.07) is 10.3. The van der Waals surface area contributed by atoms with Crippen molar-refractivity contribution in [2.45, 2.75) is 6.42 Å². The van der Waals surface area contributed by atoms with Crippen molar-refractivity contribution in [3.63, 3.8) is 0 Å². The molecule has 2 aromatic carbocycles. The van der Waals surface area contributed by atoms with Crippen molar-refractivity contribution >= 4 is 39.3 Å². The maximum atomic E-state index is 12.0. The van der Waals surface area contributed by atoms with Gasteiger partial charge in [-0.05, 0) is 36.2 Å². The van der Waals surface area contributed by atoms with Gasteiger partial charge in [0.05, 0.1) is 31.4 Å². The highest BCUT2D eigenvalue weighted by molar-refractivity contribution is 9.10. The van der Waals surface area contributed by atoms with E-state index in [0.29, 0.717) is 35.1 Å². The number of carbonyl (C=O) groups excluding carboxylic acids is 2. The average molecular weight is 456 g/mol. The van der Waals surface area contributed by atoms with Gasteiger partial charge in [0, 0.05) is 11.0 Å². The first-order valence-corrected chi connectivity index (χ1v) is 9.33. The second-order valence-corrected chi connectivity index (χ2v) is 6.82. The molecule has 0 unspecified atom stereocenters. The largest absolute Gasteiger partial charge is 0.493 e. The van der Waals surface area contributed by atoms with Crippen molar-refractivity contribution in [2.75, 3.05) is 27.3 Å². The molecule has 0 aliphatic carbocycles. The fraction of sp³-hybridized carbons (Fsp3) is 0.263. The third-order valence-electron chi connectivity index (χ3n) is 3.80. The highest BCUT2D eigenvalue weighted by Gasteiger charge is 2.12. The molecule has 0 spiro atoms. The molecule has 0 atom stereocenters. The van der Waals surface area contributed by atoms with Crippen LogP contribution < -0.4 is 20.1 Å². The Morgan fingerprint density at radius 3 is 2.41 bits per heavy atom. The highest BCUT2D eigenvalue weighted by atomic mass is 79.9. The van der Waals surface area contributed by atoms with E-state index < -0.39 is 5.91 Å². The fourth-order valence-electron chi connectivity index (χ4n) is 2.39. The van der Waals surface area contributed by atoms with Crippen LogP contribution in [0.4, 0.5) is 0 Å². The number of amides is 2. The van der Waals surface area contributed by atoms with Crippen LogP contribution >= 0.6 is 27.5 Å². The lowest BCUT2D eigenvalue weighted by Gasteiger charge is -2.12. The molecule has 0 radical (unpaired) electrons. The molecule has 144 valence electrons. The van der Waals surface area contributed by atoms with Crippen LogP contribution in [0, 0.1) is 0 Å². The van der Waals surface area contributed by atoms with Crippen LogP contribution in [0.3, 0.4) is 0 Å². The molecule has 2 aromatic rings. The summed E-state index contributed by atoms with van der Waals surface area (Å²) in [5.41, 5.74) is 1.30. The minimum absolute atomic E-state index is 0.128.